The highest BCUT2D eigenvalue weighted by Crippen LogP contribution is 2.25. The lowest BCUT2D eigenvalue weighted by Gasteiger charge is -2.11. The number of benzene rings is 1. The van der Waals surface area contributed by atoms with Crippen molar-refractivity contribution >= 4 is 34.1 Å². The number of thiazole rings is 1. The van der Waals surface area contributed by atoms with Gasteiger partial charge in [0.1, 0.15) is 0 Å². The van der Waals surface area contributed by atoms with Crippen molar-refractivity contribution in [2.75, 3.05) is 11.1 Å². The van der Waals surface area contributed by atoms with E-state index in [4.69, 9.17) is 0 Å². The standard InChI is InChI=1S/C18H16N6OS2/c1-13-5-4-6-14(11-13)16-21-22-18(24(16)23-8-2-3-9-23)27-12-15(25)20-17-19-7-10-26-17/h2-11H,12H2,1H3,(H,19,20,25). The predicted molar refractivity (Wildman–Crippen MR) is 107 cm³/mol. The number of aryl methyl sites for hydroxylation is 1. The summed E-state index contributed by atoms with van der Waals surface area (Å²) in [6, 6.07) is 12.0. The molecule has 0 bridgehead atoms. The van der Waals surface area contributed by atoms with Crippen LogP contribution in [0, 0.1) is 6.92 Å². The van der Waals surface area contributed by atoms with Gasteiger partial charge in [-0.05, 0) is 25.1 Å². The molecule has 27 heavy (non-hydrogen) atoms. The number of carbonyl (C=O) groups excluding carboxylic acids is 1. The third-order valence-corrected chi connectivity index (χ3v) is 5.33. The highest BCUT2D eigenvalue weighted by molar-refractivity contribution is 7.99. The van der Waals surface area contributed by atoms with Gasteiger partial charge in [-0.3, -0.25) is 9.47 Å². The van der Waals surface area contributed by atoms with Crippen LogP contribution in [0.3, 0.4) is 0 Å². The van der Waals surface area contributed by atoms with E-state index in [9.17, 15) is 4.79 Å². The van der Waals surface area contributed by atoms with Gasteiger partial charge in [0.25, 0.3) is 0 Å². The first-order chi connectivity index (χ1) is 13.2. The van der Waals surface area contributed by atoms with Crippen LogP contribution < -0.4 is 5.32 Å². The molecule has 1 aromatic carbocycles. The van der Waals surface area contributed by atoms with E-state index in [1.165, 1.54) is 23.1 Å². The molecule has 0 aliphatic carbocycles. The van der Waals surface area contributed by atoms with Crippen molar-refractivity contribution in [3.05, 3.63) is 65.9 Å². The molecule has 7 nitrogen and oxygen atoms in total. The number of anilines is 1. The van der Waals surface area contributed by atoms with Gasteiger partial charge < -0.3 is 5.32 Å². The number of thioether (sulfide) groups is 1. The second-order valence-corrected chi connectivity index (χ2v) is 7.56. The van der Waals surface area contributed by atoms with Gasteiger partial charge in [0.05, 0.1) is 5.75 Å². The van der Waals surface area contributed by atoms with E-state index < -0.39 is 0 Å². The molecule has 4 rings (SSSR count). The van der Waals surface area contributed by atoms with Crippen molar-refractivity contribution in [1.82, 2.24) is 24.5 Å². The Hall–Kier alpha value is -2.91. The van der Waals surface area contributed by atoms with E-state index in [0.29, 0.717) is 10.3 Å². The van der Waals surface area contributed by atoms with E-state index in [1.54, 1.807) is 6.20 Å². The van der Waals surface area contributed by atoms with Crippen molar-refractivity contribution < 1.29 is 4.79 Å². The lowest BCUT2D eigenvalue weighted by atomic mass is 10.1. The van der Waals surface area contributed by atoms with E-state index in [-0.39, 0.29) is 11.7 Å². The molecule has 136 valence electrons. The molecule has 1 N–H and O–H groups in total. The second kappa shape index (κ2) is 7.77. The molecule has 0 spiro atoms. The maximum Gasteiger partial charge on any atom is 0.236 e. The Morgan fingerprint density at radius 1 is 1.22 bits per heavy atom. The summed E-state index contributed by atoms with van der Waals surface area (Å²) in [7, 11) is 0. The van der Waals surface area contributed by atoms with Crippen molar-refractivity contribution in [2.45, 2.75) is 12.1 Å². The first-order valence-electron chi connectivity index (χ1n) is 8.19. The van der Waals surface area contributed by atoms with E-state index in [1.807, 2.05) is 64.4 Å². The van der Waals surface area contributed by atoms with Crippen LogP contribution in [0.1, 0.15) is 5.56 Å². The van der Waals surface area contributed by atoms with Crippen LogP contribution in [0.4, 0.5) is 5.13 Å². The van der Waals surface area contributed by atoms with Crippen LogP contribution in [0.25, 0.3) is 11.4 Å². The molecule has 0 aliphatic heterocycles. The fourth-order valence-corrected chi connectivity index (χ4v) is 3.84. The molecule has 0 fully saturated rings. The molecule has 3 heterocycles. The highest BCUT2D eigenvalue weighted by atomic mass is 32.2. The summed E-state index contributed by atoms with van der Waals surface area (Å²) in [6.45, 7) is 2.04. The van der Waals surface area contributed by atoms with Crippen molar-refractivity contribution in [3.8, 4) is 11.4 Å². The van der Waals surface area contributed by atoms with Crippen LogP contribution in [-0.4, -0.2) is 36.2 Å². The fourth-order valence-electron chi connectivity index (χ4n) is 2.56. The summed E-state index contributed by atoms with van der Waals surface area (Å²) in [5.74, 6) is 0.805. The summed E-state index contributed by atoms with van der Waals surface area (Å²) in [5.41, 5.74) is 2.11. The zero-order chi connectivity index (χ0) is 18.6. The van der Waals surface area contributed by atoms with Crippen LogP contribution >= 0.6 is 23.1 Å². The van der Waals surface area contributed by atoms with Gasteiger partial charge in [0, 0.05) is 29.5 Å². The number of nitrogens with zero attached hydrogens (tertiary/aromatic N) is 5. The molecule has 0 unspecified atom stereocenters. The number of carbonyl (C=O) groups is 1. The summed E-state index contributed by atoms with van der Waals surface area (Å²) in [5, 5.41) is 14.5. The quantitative estimate of drug-likeness (QED) is 0.504. The number of hydrogen-bond acceptors (Lipinski definition) is 6. The van der Waals surface area contributed by atoms with E-state index >= 15 is 0 Å². The molecule has 0 saturated carbocycles. The average molecular weight is 397 g/mol. The van der Waals surface area contributed by atoms with E-state index in [2.05, 4.69) is 26.6 Å². The zero-order valence-electron chi connectivity index (χ0n) is 14.4. The largest absolute Gasteiger partial charge is 0.301 e. The Morgan fingerprint density at radius 2 is 2.07 bits per heavy atom. The monoisotopic (exact) mass is 396 g/mol. The van der Waals surface area contributed by atoms with Crippen molar-refractivity contribution in [2.24, 2.45) is 0 Å². The normalized spacial score (nSPS) is 10.9. The van der Waals surface area contributed by atoms with Gasteiger partial charge in [0.15, 0.2) is 11.0 Å². The summed E-state index contributed by atoms with van der Waals surface area (Å²) >= 11 is 2.72. The minimum absolute atomic E-state index is 0.130. The Morgan fingerprint density at radius 3 is 2.81 bits per heavy atom. The minimum atomic E-state index is -0.130. The van der Waals surface area contributed by atoms with Crippen molar-refractivity contribution in [3.63, 3.8) is 0 Å². The van der Waals surface area contributed by atoms with Gasteiger partial charge in [0.2, 0.25) is 11.1 Å². The van der Waals surface area contributed by atoms with Crippen molar-refractivity contribution in [1.29, 1.82) is 0 Å². The van der Waals surface area contributed by atoms with Crippen LogP contribution in [-0.2, 0) is 4.79 Å². The molecule has 0 saturated heterocycles. The smallest absolute Gasteiger partial charge is 0.236 e. The number of aromatic nitrogens is 5. The molecule has 0 atom stereocenters. The first kappa shape index (κ1) is 17.5. The molecule has 1 amide bonds. The summed E-state index contributed by atoms with van der Waals surface area (Å²) in [4.78, 5) is 16.2. The van der Waals surface area contributed by atoms with Crippen LogP contribution in [0.5, 0.6) is 0 Å². The summed E-state index contributed by atoms with van der Waals surface area (Å²) < 4.78 is 3.80. The Balaban J connectivity index is 1.60. The fraction of sp³-hybridized carbons (Fsp3) is 0.111. The van der Waals surface area contributed by atoms with Gasteiger partial charge in [-0.15, -0.1) is 21.5 Å². The number of hydrogen-bond donors (Lipinski definition) is 1. The molecule has 3 aromatic heterocycles. The SMILES string of the molecule is Cc1cccc(-c2nnc(SCC(=O)Nc3nccs3)n2-n2cccc2)c1. The maximum atomic E-state index is 12.2. The Bertz CT molecular complexity index is 1040. The number of rotatable bonds is 6. The van der Waals surface area contributed by atoms with Gasteiger partial charge >= 0.3 is 0 Å². The topological polar surface area (TPSA) is 77.6 Å². The zero-order valence-corrected chi connectivity index (χ0v) is 16.1. The number of nitrogens with one attached hydrogen (secondary N) is 1. The molecule has 0 aliphatic rings. The lowest BCUT2D eigenvalue weighted by molar-refractivity contribution is -0.113. The molecular weight excluding hydrogens is 380 g/mol. The highest BCUT2D eigenvalue weighted by Gasteiger charge is 2.17. The van der Waals surface area contributed by atoms with Gasteiger partial charge in [-0.2, -0.15) is 0 Å². The average Bonchev–Trinajstić information content (AvgIpc) is 3.41. The first-order valence-corrected chi connectivity index (χ1v) is 10.1. The molecule has 4 aromatic rings. The van der Waals surface area contributed by atoms with Crippen LogP contribution in [0.15, 0.2) is 65.5 Å². The third-order valence-electron chi connectivity index (χ3n) is 3.72. The van der Waals surface area contributed by atoms with Gasteiger partial charge in [-0.1, -0.05) is 35.5 Å². The predicted octanol–water partition coefficient (Wildman–Crippen LogP) is 3.55. The molecule has 0 radical (unpaired) electrons. The minimum Gasteiger partial charge on any atom is -0.301 e. The lowest BCUT2D eigenvalue weighted by Crippen LogP contribution is -2.15. The third kappa shape index (κ3) is 3.93. The molecular formula is C18H16N6OS2. The maximum absolute atomic E-state index is 12.2. The van der Waals surface area contributed by atoms with E-state index in [0.717, 1.165) is 17.0 Å². The summed E-state index contributed by atoms with van der Waals surface area (Å²) in [6.07, 6.45) is 5.49. The Labute approximate surface area is 164 Å². The van der Waals surface area contributed by atoms with Crippen LogP contribution in [0.2, 0.25) is 0 Å². The Kier molecular flexibility index (Phi) is 5.03. The second-order valence-electron chi connectivity index (χ2n) is 5.72. The number of amides is 1. The molecule has 9 heteroatoms. The van der Waals surface area contributed by atoms with Gasteiger partial charge in [-0.25, -0.2) is 9.66 Å².